The molecule has 0 amide bonds. The minimum atomic E-state index is -0.418. The first-order valence-corrected chi connectivity index (χ1v) is 21.1. The van der Waals surface area contributed by atoms with Crippen LogP contribution in [-0.4, -0.2) is 32.6 Å². The topological polar surface area (TPSA) is 68.8 Å². The second-order valence-corrected chi connectivity index (χ2v) is 17.1. The number of para-hydroxylation sites is 5. The van der Waals surface area contributed by atoms with Crippen LogP contribution in [0.4, 0.5) is 0 Å². The largest absolute Gasteiger partial charge is 0.505 e. The molecule has 61 heavy (non-hydrogen) atoms. The molecule has 0 saturated heterocycles. The number of fused-ring (bicyclic) bond motifs is 6. The maximum absolute atomic E-state index is 12.1. The number of hydrogen-bond acceptors (Lipinski definition) is 4. The van der Waals surface area contributed by atoms with E-state index in [9.17, 15) is 10.2 Å². The zero-order valence-electron chi connectivity index (χ0n) is 34.9. The molecule has 0 atom stereocenters. The van der Waals surface area contributed by atoms with Crippen LogP contribution in [0.15, 0.2) is 152 Å². The van der Waals surface area contributed by atoms with Gasteiger partial charge in [0, 0.05) is 49.5 Å². The summed E-state index contributed by atoms with van der Waals surface area (Å²) in [5.41, 5.74) is 11.8. The van der Waals surface area contributed by atoms with E-state index in [1.165, 1.54) is 10.9 Å². The molecule has 0 unspecified atom stereocenters. The number of benzene rings is 7. The monoisotopic (exact) mass is 800 g/mol. The maximum Gasteiger partial charge on any atom is 0.147 e. The highest BCUT2D eigenvalue weighted by Gasteiger charge is 2.26. The molecule has 0 aliphatic heterocycles. The normalized spacial score (nSPS) is 12.7. The third-order valence-electron chi connectivity index (χ3n) is 12.0. The minimum Gasteiger partial charge on any atom is -0.505 e. The van der Waals surface area contributed by atoms with E-state index in [-0.39, 0.29) is 11.5 Å². The molecule has 10 rings (SSSR count). The molecule has 6 nitrogen and oxygen atoms in total. The number of phenolic OH excluding ortho intramolecular Hbond substituents is 2. The summed E-state index contributed by atoms with van der Waals surface area (Å²) in [6.07, 6.45) is 6.38. The van der Waals surface area contributed by atoms with E-state index >= 15 is 0 Å². The van der Waals surface area contributed by atoms with Crippen molar-refractivity contribution in [2.75, 3.05) is 13.2 Å². The van der Waals surface area contributed by atoms with E-state index in [2.05, 4.69) is 116 Å². The number of aromatic nitrogens is 2. The van der Waals surface area contributed by atoms with E-state index < -0.39 is 5.41 Å². The Balaban J connectivity index is 0.932. The number of aromatic hydroxyl groups is 2. The number of ether oxygens (including phenoxy) is 2. The van der Waals surface area contributed by atoms with Gasteiger partial charge in [0.15, 0.2) is 0 Å². The van der Waals surface area contributed by atoms with Crippen molar-refractivity contribution in [2.24, 2.45) is 5.41 Å². The average Bonchev–Trinajstić information content (AvgIpc) is 3.80. The molecule has 9 aromatic rings. The van der Waals surface area contributed by atoms with Crippen LogP contribution >= 0.6 is 0 Å². The van der Waals surface area contributed by atoms with Crippen molar-refractivity contribution in [1.29, 1.82) is 0 Å². The van der Waals surface area contributed by atoms with Crippen molar-refractivity contribution in [3.8, 4) is 56.6 Å². The summed E-state index contributed by atoms with van der Waals surface area (Å²) in [6, 6.07) is 49.1. The van der Waals surface area contributed by atoms with Gasteiger partial charge in [0.1, 0.15) is 23.0 Å². The first-order chi connectivity index (χ1) is 29.7. The number of rotatable bonds is 10. The Kier molecular flexibility index (Phi) is 9.44. The number of allylic oxidation sites excluding steroid dienone is 1. The highest BCUT2D eigenvalue weighted by molar-refractivity contribution is 6.09. The van der Waals surface area contributed by atoms with Crippen LogP contribution in [0.25, 0.3) is 72.4 Å². The number of aryl methyl sites for hydroxylation is 3. The molecule has 7 aromatic carbocycles. The molecular formula is C55H48N2O4. The van der Waals surface area contributed by atoms with Crippen molar-refractivity contribution < 1.29 is 19.7 Å². The predicted molar refractivity (Wildman–Crippen MR) is 250 cm³/mol. The van der Waals surface area contributed by atoms with Crippen molar-refractivity contribution in [3.05, 3.63) is 174 Å². The van der Waals surface area contributed by atoms with E-state index in [0.29, 0.717) is 30.3 Å². The fraction of sp³-hybridized carbons (Fsp3) is 0.164. The Labute approximate surface area is 356 Å². The van der Waals surface area contributed by atoms with Crippen molar-refractivity contribution in [2.45, 2.75) is 40.5 Å². The van der Waals surface area contributed by atoms with E-state index in [1.54, 1.807) is 0 Å². The molecule has 1 aliphatic rings. The van der Waals surface area contributed by atoms with Gasteiger partial charge in [-0.25, -0.2) is 0 Å². The Hall–Kier alpha value is -7.18. The van der Waals surface area contributed by atoms with Gasteiger partial charge >= 0.3 is 0 Å². The van der Waals surface area contributed by atoms with Crippen LogP contribution in [0.3, 0.4) is 0 Å². The SMILES string of the molecule is Cc1cc(-c2ccccc2OCC(C)(C)COc2ccccc2-c2cc(C)cc(-n3c4ccccc4c4ccccc43)c2O)c(O)c(-n2c3c(c4ccccc42)CCC=C3)c1. The lowest BCUT2D eigenvalue weighted by Gasteiger charge is -2.26. The molecule has 302 valence electrons. The van der Waals surface area contributed by atoms with Crippen LogP contribution in [0.1, 0.15) is 42.7 Å². The van der Waals surface area contributed by atoms with Gasteiger partial charge in [0.2, 0.25) is 0 Å². The highest BCUT2D eigenvalue weighted by atomic mass is 16.5. The summed E-state index contributed by atoms with van der Waals surface area (Å²) in [6.45, 7) is 9.10. The molecule has 0 radical (unpaired) electrons. The molecule has 0 saturated carbocycles. The minimum absolute atomic E-state index is 0.191. The molecule has 2 aromatic heterocycles. The maximum atomic E-state index is 12.1. The van der Waals surface area contributed by atoms with Gasteiger partial charge in [0.05, 0.1) is 41.1 Å². The summed E-state index contributed by atoms with van der Waals surface area (Å²) >= 11 is 0. The lowest BCUT2D eigenvalue weighted by atomic mass is 9.95. The summed E-state index contributed by atoms with van der Waals surface area (Å²) in [5.74, 6) is 1.77. The van der Waals surface area contributed by atoms with Gasteiger partial charge < -0.3 is 28.8 Å². The lowest BCUT2D eigenvalue weighted by molar-refractivity contribution is 0.111. The molecule has 0 spiro atoms. The van der Waals surface area contributed by atoms with Gasteiger partial charge in [-0.15, -0.1) is 0 Å². The van der Waals surface area contributed by atoms with Crippen LogP contribution in [-0.2, 0) is 6.42 Å². The summed E-state index contributed by atoms with van der Waals surface area (Å²) < 4.78 is 17.7. The van der Waals surface area contributed by atoms with E-state index in [4.69, 9.17) is 9.47 Å². The van der Waals surface area contributed by atoms with E-state index in [1.807, 2.05) is 78.9 Å². The summed E-state index contributed by atoms with van der Waals surface area (Å²) in [5, 5.41) is 27.8. The lowest BCUT2D eigenvalue weighted by Crippen LogP contribution is -2.29. The predicted octanol–water partition coefficient (Wildman–Crippen LogP) is 13.5. The third kappa shape index (κ3) is 6.69. The van der Waals surface area contributed by atoms with Crippen LogP contribution in [0.5, 0.6) is 23.0 Å². The first kappa shape index (κ1) is 38.0. The van der Waals surface area contributed by atoms with Crippen LogP contribution < -0.4 is 9.47 Å². The second-order valence-electron chi connectivity index (χ2n) is 17.1. The molecular weight excluding hydrogens is 753 g/mol. The summed E-state index contributed by atoms with van der Waals surface area (Å²) in [4.78, 5) is 0. The molecule has 6 heteroatoms. The van der Waals surface area contributed by atoms with Crippen molar-refractivity contribution in [1.82, 2.24) is 9.13 Å². The second kappa shape index (κ2) is 15.1. The smallest absolute Gasteiger partial charge is 0.147 e. The van der Waals surface area contributed by atoms with Gasteiger partial charge in [-0.2, -0.15) is 0 Å². The summed E-state index contributed by atoms with van der Waals surface area (Å²) in [7, 11) is 0. The molecule has 0 bridgehead atoms. The zero-order valence-corrected chi connectivity index (χ0v) is 34.9. The molecule has 1 aliphatic carbocycles. The quantitative estimate of drug-likeness (QED) is 0.145. The van der Waals surface area contributed by atoms with Crippen molar-refractivity contribution >= 4 is 38.8 Å². The highest BCUT2D eigenvalue weighted by Crippen LogP contribution is 2.45. The van der Waals surface area contributed by atoms with Crippen LogP contribution in [0.2, 0.25) is 0 Å². The van der Waals surface area contributed by atoms with E-state index in [0.717, 1.165) is 85.1 Å². The molecule has 2 heterocycles. The van der Waals surface area contributed by atoms with Gasteiger partial charge in [-0.05, 0) is 104 Å². The Morgan fingerprint density at radius 1 is 0.525 bits per heavy atom. The van der Waals surface area contributed by atoms with Crippen molar-refractivity contribution in [3.63, 3.8) is 0 Å². The number of nitrogens with zero attached hydrogens (tertiary/aromatic N) is 2. The number of phenols is 2. The fourth-order valence-electron chi connectivity index (χ4n) is 9.12. The molecule has 2 N–H and O–H groups in total. The Morgan fingerprint density at radius 2 is 0.967 bits per heavy atom. The first-order valence-electron chi connectivity index (χ1n) is 21.1. The fourth-order valence-corrected chi connectivity index (χ4v) is 9.12. The molecule has 0 fully saturated rings. The van der Waals surface area contributed by atoms with Gasteiger partial charge in [0.25, 0.3) is 0 Å². The van der Waals surface area contributed by atoms with Crippen LogP contribution in [0, 0.1) is 19.3 Å². The Morgan fingerprint density at radius 3 is 1.51 bits per heavy atom. The van der Waals surface area contributed by atoms with Gasteiger partial charge in [-0.3, -0.25) is 0 Å². The van der Waals surface area contributed by atoms with Gasteiger partial charge in [-0.1, -0.05) is 111 Å². The standard InChI is InChI=1S/C55H48N2O4/c1-35-29-43(53(58)49(31-35)56-45-23-11-5-17-37(45)38-18-6-12-24-46(38)56)41-21-9-15-27-51(41)60-33-55(3,4)34-61-52-28-16-10-22-42(52)44-30-36(2)32-50(54(44)59)57-47-25-13-7-19-39(47)40-20-8-14-26-48(40)57/h5-7,9-19,21-32,58-59H,8,20,33-34H2,1-4H3. The third-order valence-corrected chi connectivity index (χ3v) is 12.0. The zero-order chi connectivity index (χ0) is 41.8. The Bertz CT molecular complexity index is 3130. The number of hydrogen-bond donors (Lipinski definition) is 2. The average molecular weight is 801 g/mol.